The zero-order valence-electron chi connectivity index (χ0n) is 16.8. The fourth-order valence-corrected chi connectivity index (χ4v) is 3.44. The van der Waals surface area contributed by atoms with Crippen LogP contribution < -0.4 is 5.56 Å². The van der Waals surface area contributed by atoms with Crippen LogP contribution in [0.1, 0.15) is 37.8 Å². The zero-order chi connectivity index (χ0) is 20.2. The molecule has 0 aliphatic heterocycles. The third-order valence-electron chi connectivity index (χ3n) is 5.04. The molecule has 1 aromatic carbocycles. The van der Waals surface area contributed by atoms with Crippen LogP contribution in [0.2, 0.25) is 0 Å². The molecule has 0 aliphatic rings. The van der Waals surface area contributed by atoms with Gasteiger partial charge in [0.25, 0.3) is 5.56 Å². The summed E-state index contributed by atoms with van der Waals surface area (Å²) in [5.41, 5.74) is 0.676. The van der Waals surface area contributed by atoms with Gasteiger partial charge in [0.1, 0.15) is 5.82 Å². The maximum Gasteiger partial charge on any atom is 0.261 e. The van der Waals surface area contributed by atoms with Gasteiger partial charge in [-0.05, 0) is 18.6 Å². The molecule has 8 nitrogen and oxygen atoms in total. The maximum atomic E-state index is 12.8. The lowest BCUT2D eigenvalue weighted by atomic mass is 10.2. The Hall–Kier alpha value is -3.29. The topological polar surface area (TPSA) is 83.4 Å². The average molecular weight is 391 g/mol. The van der Waals surface area contributed by atoms with E-state index < -0.39 is 0 Å². The monoisotopic (exact) mass is 391 g/mol. The number of aromatic nitrogens is 7. The first-order chi connectivity index (χ1) is 14.2. The molecule has 0 radical (unpaired) electrons. The van der Waals surface area contributed by atoms with Crippen molar-refractivity contribution >= 4 is 10.9 Å². The molecule has 0 saturated heterocycles. The summed E-state index contributed by atoms with van der Waals surface area (Å²) in [5, 5.41) is 9.59. The van der Waals surface area contributed by atoms with Crippen LogP contribution in [0, 0.1) is 0 Å². The quantitative estimate of drug-likeness (QED) is 0.431. The Morgan fingerprint density at radius 2 is 1.93 bits per heavy atom. The van der Waals surface area contributed by atoms with Gasteiger partial charge in [-0.2, -0.15) is 9.78 Å². The highest BCUT2D eigenvalue weighted by atomic mass is 16.1. The Labute approximate surface area is 168 Å². The summed E-state index contributed by atoms with van der Waals surface area (Å²) in [4.78, 5) is 21.9. The molecule has 3 aromatic heterocycles. The molecule has 0 bridgehead atoms. The fraction of sp³-hybridized carbons (Fsp3) is 0.381. The van der Waals surface area contributed by atoms with Gasteiger partial charge >= 0.3 is 0 Å². The summed E-state index contributed by atoms with van der Waals surface area (Å²) in [6, 6.07) is 9.32. The van der Waals surface area contributed by atoms with Crippen LogP contribution >= 0.6 is 0 Å². The smallest absolute Gasteiger partial charge is 0.261 e. The SMILES string of the molecule is CCCCCc1nc(CCn2cnc3ccccc3c2=O)n(-c2ccnn2C)n1. The van der Waals surface area contributed by atoms with Crippen LogP contribution in [0.4, 0.5) is 0 Å². The number of rotatable bonds is 8. The number of benzene rings is 1. The summed E-state index contributed by atoms with van der Waals surface area (Å²) in [7, 11) is 1.88. The molecule has 0 unspecified atom stereocenters. The predicted molar refractivity (Wildman–Crippen MR) is 111 cm³/mol. The molecule has 0 fully saturated rings. The van der Waals surface area contributed by atoms with Gasteiger partial charge < -0.3 is 0 Å². The predicted octanol–water partition coefficient (Wildman–Crippen LogP) is 2.69. The number of aryl methyl sites for hydroxylation is 4. The molecule has 3 heterocycles. The molecule has 4 aromatic rings. The molecule has 0 spiro atoms. The van der Waals surface area contributed by atoms with E-state index >= 15 is 0 Å². The second-order valence-corrected chi connectivity index (χ2v) is 7.14. The number of fused-ring (bicyclic) bond motifs is 1. The van der Waals surface area contributed by atoms with Crippen LogP contribution in [-0.2, 0) is 26.4 Å². The number of nitrogens with zero attached hydrogens (tertiary/aromatic N) is 7. The van der Waals surface area contributed by atoms with Gasteiger partial charge in [-0.25, -0.2) is 9.97 Å². The Bertz CT molecular complexity index is 1170. The van der Waals surface area contributed by atoms with E-state index in [2.05, 4.69) is 17.0 Å². The lowest BCUT2D eigenvalue weighted by molar-refractivity contribution is 0.613. The Balaban J connectivity index is 1.61. The number of unbranched alkanes of at least 4 members (excludes halogenated alkanes) is 2. The summed E-state index contributed by atoms with van der Waals surface area (Å²) < 4.78 is 5.26. The zero-order valence-corrected chi connectivity index (χ0v) is 16.8. The van der Waals surface area contributed by atoms with Gasteiger partial charge in [0.15, 0.2) is 11.6 Å². The molecule has 4 rings (SSSR count). The molecule has 0 N–H and O–H groups in total. The largest absolute Gasteiger partial charge is 0.298 e. The van der Waals surface area contributed by atoms with E-state index in [0.717, 1.165) is 43.1 Å². The van der Waals surface area contributed by atoms with E-state index in [-0.39, 0.29) is 5.56 Å². The second kappa shape index (κ2) is 8.38. The van der Waals surface area contributed by atoms with Crippen molar-refractivity contribution in [3.8, 4) is 5.82 Å². The molecular formula is C21H25N7O. The Morgan fingerprint density at radius 3 is 2.72 bits per heavy atom. The minimum atomic E-state index is -0.0367. The minimum absolute atomic E-state index is 0.0367. The van der Waals surface area contributed by atoms with E-state index in [9.17, 15) is 4.79 Å². The van der Waals surface area contributed by atoms with Crippen molar-refractivity contribution in [3.63, 3.8) is 0 Å². The lowest BCUT2D eigenvalue weighted by Crippen LogP contribution is -2.22. The number of hydrogen-bond donors (Lipinski definition) is 0. The first-order valence-electron chi connectivity index (χ1n) is 10.0. The van der Waals surface area contributed by atoms with Crippen LogP contribution in [0.15, 0.2) is 47.7 Å². The average Bonchev–Trinajstić information content (AvgIpc) is 3.33. The molecule has 0 atom stereocenters. The molecule has 150 valence electrons. The van der Waals surface area contributed by atoms with E-state index in [1.54, 1.807) is 21.8 Å². The maximum absolute atomic E-state index is 12.8. The summed E-state index contributed by atoms with van der Waals surface area (Å²) in [5.74, 6) is 2.51. The first kappa shape index (κ1) is 19.0. The molecule has 0 aliphatic carbocycles. The lowest BCUT2D eigenvalue weighted by Gasteiger charge is -2.08. The molecule has 0 amide bonds. The van der Waals surface area contributed by atoms with Gasteiger partial charge in [-0.3, -0.25) is 14.0 Å². The normalized spacial score (nSPS) is 11.4. The highest BCUT2D eigenvalue weighted by molar-refractivity contribution is 5.76. The highest BCUT2D eigenvalue weighted by Crippen LogP contribution is 2.12. The van der Waals surface area contributed by atoms with Crippen molar-refractivity contribution in [1.82, 2.24) is 34.1 Å². The van der Waals surface area contributed by atoms with Crippen LogP contribution in [-0.4, -0.2) is 34.1 Å². The van der Waals surface area contributed by atoms with Crippen molar-refractivity contribution in [3.05, 3.63) is 64.9 Å². The van der Waals surface area contributed by atoms with Gasteiger partial charge in [0, 0.05) is 32.5 Å². The van der Waals surface area contributed by atoms with Crippen molar-refractivity contribution in [2.24, 2.45) is 7.05 Å². The minimum Gasteiger partial charge on any atom is -0.298 e. The summed E-state index contributed by atoms with van der Waals surface area (Å²) in [6.07, 6.45) is 8.17. The van der Waals surface area contributed by atoms with Crippen molar-refractivity contribution in [1.29, 1.82) is 0 Å². The summed E-state index contributed by atoms with van der Waals surface area (Å²) in [6.45, 7) is 2.67. The number of para-hydroxylation sites is 1. The van der Waals surface area contributed by atoms with Gasteiger partial charge in [0.2, 0.25) is 0 Å². The number of hydrogen-bond acceptors (Lipinski definition) is 5. The molecule has 29 heavy (non-hydrogen) atoms. The fourth-order valence-electron chi connectivity index (χ4n) is 3.44. The van der Waals surface area contributed by atoms with E-state index in [1.807, 2.05) is 42.1 Å². The van der Waals surface area contributed by atoms with E-state index in [0.29, 0.717) is 23.9 Å². The van der Waals surface area contributed by atoms with E-state index in [1.165, 1.54) is 0 Å². The molecule has 8 heteroatoms. The standard InChI is InChI=1S/C21H25N7O/c1-3-4-5-10-18-24-19(28(25-18)20-11-13-23-26(20)2)12-14-27-15-22-17-9-7-6-8-16(17)21(27)29/h6-9,11,13,15H,3-5,10,12,14H2,1-2H3. The third kappa shape index (κ3) is 3.96. The van der Waals surface area contributed by atoms with Crippen molar-refractivity contribution < 1.29 is 0 Å². The molecule has 0 saturated carbocycles. The van der Waals surface area contributed by atoms with Gasteiger partial charge in [-0.15, -0.1) is 5.10 Å². The Kier molecular flexibility index (Phi) is 5.50. The first-order valence-corrected chi connectivity index (χ1v) is 10.0. The van der Waals surface area contributed by atoms with Crippen LogP contribution in [0.25, 0.3) is 16.7 Å². The summed E-state index contributed by atoms with van der Waals surface area (Å²) >= 11 is 0. The Morgan fingerprint density at radius 1 is 1.07 bits per heavy atom. The van der Waals surface area contributed by atoms with E-state index in [4.69, 9.17) is 10.1 Å². The van der Waals surface area contributed by atoms with Gasteiger partial charge in [0.05, 0.1) is 23.4 Å². The highest BCUT2D eigenvalue weighted by Gasteiger charge is 2.15. The molecular weight excluding hydrogens is 366 g/mol. The van der Waals surface area contributed by atoms with Crippen molar-refractivity contribution in [2.75, 3.05) is 0 Å². The van der Waals surface area contributed by atoms with Gasteiger partial charge in [-0.1, -0.05) is 31.9 Å². The van der Waals surface area contributed by atoms with Crippen molar-refractivity contribution in [2.45, 2.75) is 45.6 Å². The second-order valence-electron chi connectivity index (χ2n) is 7.14. The van der Waals surface area contributed by atoms with Crippen LogP contribution in [0.3, 0.4) is 0 Å². The van der Waals surface area contributed by atoms with Crippen LogP contribution in [0.5, 0.6) is 0 Å². The third-order valence-corrected chi connectivity index (χ3v) is 5.04.